The smallest absolute Gasteiger partial charge is 0.240 e. The predicted molar refractivity (Wildman–Crippen MR) is 104 cm³/mol. The Labute approximate surface area is 161 Å². The topological polar surface area (TPSA) is 96.5 Å². The fourth-order valence-electron chi connectivity index (χ4n) is 2.70. The van der Waals surface area contributed by atoms with Crippen molar-refractivity contribution in [2.24, 2.45) is 0 Å². The molecule has 1 aliphatic heterocycles. The Balaban J connectivity index is 0.00000338. The highest BCUT2D eigenvalue weighted by molar-refractivity contribution is 7.88. The van der Waals surface area contributed by atoms with E-state index in [0.717, 1.165) is 5.56 Å². The number of benzene rings is 1. The third-order valence-electron chi connectivity index (χ3n) is 3.86. The number of sulfonamides is 1. The van der Waals surface area contributed by atoms with Crippen LogP contribution in [0.25, 0.3) is 0 Å². The van der Waals surface area contributed by atoms with Gasteiger partial charge in [0.25, 0.3) is 0 Å². The minimum absolute atomic E-state index is 0. The second-order valence-corrected chi connectivity index (χ2v) is 8.33. The molecule has 26 heavy (non-hydrogen) atoms. The summed E-state index contributed by atoms with van der Waals surface area (Å²) in [6.07, 6.45) is -0.158. The molecule has 0 aromatic heterocycles. The van der Waals surface area contributed by atoms with Crippen molar-refractivity contribution in [1.29, 1.82) is 0 Å². The van der Waals surface area contributed by atoms with Gasteiger partial charge in [-0.3, -0.25) is 4.79 Å². The Morgan fingerprint density at radius 2 is 1.88 bits per heavy atom. The molecule has 148 valence electrons. The van der Waals surface area contributed by atoms with Crippen molar-refractivity contribution in [3.05, 3.63) is 35.4 Å². The monoisotopic (exact) mass is 405 g/mol. The molecular weight excluding hydrogens is 378 g/mol. The van der Waals surface area contributed by atoms with Gasteiger partial charge >= 0.3 is 0 Å². The summed E-state index contributed by atoms with van der Waals surface area (Å²) in [5.41, 5.74) is 1.62. The van der Waals surface area contributed by atoms with Crippen LogP contribution in [0.2, 0.25) is 0 Å². The van der Waals surface area contributed by atoms with Gasteiger partial charge in [-0.05, 0) is 31.9 Å². The lowest BCUT2D eigenvalue weighted by atomic mass is 10.1. The van der Waals surface area contributed by atoms with E-state index in [2.05, 4.69) is 15.4 Å². The summed E-state index contributed by atoms with van der Waals surface area (Å²) in [5.74, 6) is -0.154. The lowest BCUT2D eigenvalue weighted by molar-refractivity contribution is -0.129. The summed E-state index contributed by atoms with van der Waals surface area (Å²) >= 11 is 0. The molecule has 3 N–H and O–H groups in total. The van der Waals surface area contributed by atoms with Crippen molar-refractivity contribution in [2.75, 3.05) is 13.2 Å². The van der Waals surface area contributed by atoms with Gasteiger partial charge < -0.3 is 15.4 Å². The molecule has 1 aliphatic rings. The number of hydrogen-bond acceptors (Lipinski definition) is 5. The summed E-state index contributed by atoms with van der Waals surface area (Å²) < 4.78 is 31.9. The van der Waals surface area contributed by atoms with Crippen molar-refractivity contribution >= 4 is 28.3 Å². The first kappa shape index (κ1) is 22.9. The zero-order valence-corrected chi connectivity index (χ0v) is 17.0. The van der Waals surface area contributed by atoms with Gasteiger partial charge in [0.2, 0.25) is 15.9 Å². The van der Waals surface area contributed by atoms with Crippen LogP contribution < -0.4 is 15.4 Å². The number of carbonyl (C=O) groups is 1. The minimum Gasteiger partial charge on any atom is -0.375 e. The molecule has 0 aliphatic carbocycles. The zero-order valence-electron chi connectivity index (χ0n) is 15.3. The molecule has 1 heterocycles. The Kier molecular flexibility index (Phi) is 8.99. The van der Waals surface area contributed by atoms with Crippen LogP contribution in [0.5, 0.6) is 0 Å². The Hall–Kier alpha value is -1.19. The number of amides is 1. The Morgan fingerprint density at radius 3 is 2.46 bits per heavy atom. The SMILES string of the molecule is CC(C)NS(=O)(=O)Cc1ccc(CNC(=O)[C@H]2NCCO[C@@H]2C)cc1.Cl. The van der Waals surface area contributed by atoms with E-state index in [4.69, 9.17) is 4.74 Å². The van der Waals surface area contributed by atoms with Gasteiger partial charge in [-0.2, -0.15) is 0 Å². The number of hydrogen-bond donors (Lipinski definition) is 3. The summed E-state index contributed by atoms with van der Waals surface area (Å²) in [5, 5.41) is 6.03. The average Bonchev–Trinajstić information content (AvgIpc) is 2.52. The van der Waals surface area contributed by atoms with E-state index in [-0.39, 0.29) is 42.3 Å². The predicted octanol–water partition coefficient (Wildman–Crippen LogP) is 0.929. The zero-order chi connectivity index (χ0) is 18.4. The van der Waals surface area contributed by atoms with E-state index in [9.17, 15) is 13.2 Å². The van der Waals surface area contributed by atoms with Crippen LogP contribution in [0.15, 0.2) is 24.3 Å². The van der Waals surface area contributed by atoms with Gasteiger partial charge in [0, 0.05) is 19.1 Å². The number of ether oxygens (including phenoxy) is 1. The Morgan fingerprint density at radius 1 is 1.27 bits per heavy atom. The first-order valence-electron chi connectivity index (χ1n) is 8.47. The average molecular weight is 406 g/mol. The van der Waals surface area contributed by atoms with E-state index < -0.39 is 10.0 Å². The second-order valence-electron chi connectivity index (χ2n) is 6.57. The molecule has 0 saturated carbocycles. The molecule has 2 rings (SSSR count). The maximum absolute atomic E-state index is 12.2. The van der Waals surface area contributed by atoms with Crippen LogP contribution in [0.4, 0.5) is 0 Å². The largest absolute Gasteiger partial charge is 0.375 e. The Bertz CT molecular complexity index is 680. The van der Waals surface area contributed by atoms with Crippen LogP contribution in [-0.4, -0.2) is 45.7 Å². The van der Waals surface area contributed by atoms with Crippen LogP contribution in [0.3, 0.4) is 0 Å². The van der Waals surface area contributed by atoms with Gasteiger partial charge in [0.05, 0.1) is 18.5 Å². The number of morpholine rings is 1. The van der Waals surface area contributed by atoms with E-state index in [1.807, 2.05) is 19.1 Å². The molecule has 2 atom stereocenters. The molecule has 1 aromatic carbocycles. The molecule has 1 fully saturated rings. The van der Waals surface area contributed by atoms with Gasteiger partial charge in [-0.15, -0.1) is 12.4 Å². The van der Waals surface area contributed by atoms with Crippen molar-refractivity contribution < 1.29 is 17.9 Å². The molecule has 1 aromatic rings. The second kappa shape index (κ2) is 10.2. The normalized spacial score (nSPS) is 20.5. The van der Waals surface area contributed by atoms with Gasteiger partial charge in [-0.1, -0.05) is 24.3 Å². The minimum atomic E-state index is -3.34. The van der Waals surface area contributed by atoms with Crippen LogP contribution in [0, 0.1) is 0 Å². The maximum atomic E-state index is 12.2. The third-order valence-corrected chi connectivity index (χ3v) is 5.40. The van der Waals surface area contributed by atoms with Crippen molar-refractivity contribution in [3.8, 4) is 0 Å². The summed E-state index contributed by atoms with van der Waals surface area (Å²) in [6, 6.07) is 6.72. The molecule has 0 bridgehead atoms. The number of rotatable bonds is 7. The molecule has 9 heteroatoms. The molecule has 1 amide bonds. The summed E-state index contributed by atoms with van der Waals surface area (Å²) in [7, 11) is -3.34. The summed E-state index contributed by atoms with van der Waals surface area (Å²) in [4.78, 5) is 12.2. The number of halogens is 1. The van der Waals surface area contributed by atoms with Gasteiger partial charge in [0.15, 0.2) is 0 Å². The van der Waals surface area contributed by atoms with Crippen molar-refractivity contribution in [3.63, 3.8) is 0 Å². The number of nitrogens with one attached hydrogen (secondary N) is 3. The van der Waals surface area contributed by atoms with Crippen molar-refractivity contribution in [1.82, 2.24) is 15.4 Å². The third kappa shape index (κ3) is 7.20. The first-order valence-corrected chi connectivity index (χ1v) is 10.1. The molecular formula is C17H28ClN3O4S. The molecule has 0 spiro atoms. The highest BCUT2D eigenvalue weighted by Crippen LogP contribution is 2.09. The molecule has 7 nitrogen and oxygen atoms in total. The highest BCUT2D eigenvalue weighted by Gasteiger charge is 2.27. The van der Waals surface area contributed by atoms with Crippen LogP contribution in [0.1, 0.15) is 31.9 Å². The lowest BCUT2D eigenvalue weighted by Gasteiger charge is -2.29. The first-order chi connectivity index (χ1) is 11.8. The molecule has 1 saturated heterocycles. The molecule has 0 unspecified atom stereocenters. The quantitative estimate of drug-likeness (QED) is 0.627. The lowest BCUT2D eigenvalue weighted by Crippen LogP contribution is -2.55. The maximum Gasteiger partial charge on any atom is 0.240 e. The summed E-state index contributed by atoms with van der Waals surface area (Å²) in [6.45, 7) is 7.11. The van der Waals surface area contributed by atoms with Gasteiger partial charge in [0.1, 0.15) is 6.04 Å². The van der Waals surface area contributed by atoms with Gasteiger partial charge in [-0.25, -0.2) is 13.1 Å². The fraction of sp³-hybridized carbons (Fsp3) is 0.588. The van der Waals surface area contributed by atoms with E-state index >= 15 is 0 Å². The van der Waals surface area contributed by atoms with E-state index in [1.54, 1.807) is 26.0 Å². The molecule has 0 radical (unpaired) electrons. The highest BCUT2D eigenvalue weighted by atomic mass is 35.5. The standard InChI is InChI=1S/C17H27N3O4S.ClH/c1-12(2)20-25(22,23)11-15-6-4-14(5-7-15)10-19-17(21)16-13(3)24-9-8-18-16;/h4-7,12-13,16,18,20H,8-11H2,1-3H3,(H,19,21);1H/t13-,16+;/m1./s1. The van der Waals surface area contributed by atoms with E-state index in [0.29, 0.717) is 25.3 Å². The number of carbonyl (C=O) groups excluding carboxylic acids is 1. The van der Waals surface area contributed by atoms with E-state index in [1.165, 1.54) is 0 Å². The van der Waals surface area contributed by atoms with Crippen LogP contribution in [-0.2, 0) is 31.9 Å². The van der Waals surface area contributed by atoms with Crippen molar-refractivity contribution in [2.45, 2.75) is 51.3 Å². The van der Waals surface area contributed by atoms with Crippen LogP contribution >= 0.6 is 12.4 Å². The fourth-order valence-corrected chi connectivity index (χ4v) is 4.13.